The summed E-state index contributed by atoms with van der Waals surface area (Å²) in [5.41, 5.74) is 2.31. The predicted octanol–water partition coefficient (Wildman–Crippen LogP) is 4.04. The minimum absolute atomic E-state index is 0.0600. The average Bonchev–Trinajstić information content (AvgIpc) is 2.42. The number of anilines is 1. The van der Waals surface area contributed by atoms with Crippen molar-refractivity contribution in [1.82, 2.24) is 4.98 Å². The van der Waals surface area contributed by atoms with Crippen molar-refractivity contribution in [2.24, 2.45) is 0 Å². The minimum Gasteiger partial charge on any atom is -0.359 e. The number of rotatable bonds is 4. The van der Waals surface area contributed by atoms with Crippen LogP contribution in [0.4, 0.5) is 5.69 Å². The largest absolute Gasteiger partial charge is 0.359 e. The molecule has 0 spiro atoms. The number of allylic oxidation sites excluding steroid dienone is 2. The number of aromatic nitrogens is 1. The Kier molecular flexibility index (Phi) is 4.47. The van der Waals surface area contributed by atoms with E-state index in [1.54, 1.807) is 30.6 Å². The van der Waals surface area contributed by atoms with Crippen LogP contribution in [0.25, 0.3) is 0 Å². The van der Waals surface area contributed by atoms with Crippen LogP contribution in [-0.2, 0) is 0 Å². The molecule has 0 saturated carbocycles. The van der Waals surface area contributed by atoms with E-state index in [9.17, 15) is 4.79 Å². The van der Waals surface area contributed by atoms with Gasteiger partial charge in [0.25, 0.3) is 0 Å². The fourth-order valence-electron chi connectivity index (χ4n) is 1.59. The molecule has 19 heavy (non-hydrogen) atoms. The summed E-state index contributed by atoms with van der Waals surface area (Å²) < 4.78 is 1.02. The van der Waals surface area contributed by atoms with Gasteiger partial charge in [-0.2, -0.15) is 0 Å². The van der Waals surface area contributed by atoms with E-state index in [2.05, 4.69) is 26.2 Å². The van der Waals surface area contributed by atoms with Gasteiger partial charge in [-0.25, -0.2) is 0 Å². The van der Waals surface area contributed by atoms with Gasteiger partial charge in [-0.15, -0.1) is 0 Å². The number of pyridine rings is 1. The van der Waals surface area contributed by atoms with E-state index in [1.165, 1.54) is 0 Å². The molecule has 0 saturated heterocycles. The smallest absolute Gasteiger partial charge is 0.189 e. The standard InChI is InChI=1S/C15H13BrN2O/c1-11(18-14-6-4-13(16)5-7-14)9-15(19)12-3-2-8-17-10-12/h2-10,18H,1H3. The van der Waals surface area contributed by atoms with Crippen LogP contribution in [0.5, 0.6) is 0 Å². The van der Waals surface area contributed by atoms with Crippen molar-refractivity contribution >= 4 is 27.4 Å². The normalized spacial score (nSPS) is 11.2. The molecule has 1 aromatic carbocycles. The van der Waals surface area contributed by atoms with Gasteiger partial charge in [0, 0.05) is 39.9 Å². The highest BCUT2D eigenvalue weighted by Crippen LogP contribution is 2.15. The molecular weight excluding hydrogens is 304 g/mol. The molecule has 1 N–H and O–H groups in total. The SMILES string of the molecule is CC(=CC(=O)c1cccnc1)Nc1ccc(Br)cc1. The lowest BCUT2D eigenvalue weighted by molar-refractivity contribution is 0.104. The Balaban J connectivity index is 2.07. The number of carbonyl (C=O) groups excluding carboxylic acids is 1. The Morgan fingerprint density at radius 2 is 2.00 bits per heavy atom. The summed E-state index contributed by atoms with van der Waals surface area (Å²) in [6.45, 7) is 1.86. The maximum Gasteiger partial charge on any atom is 0.189 e. The van der Waals surface area contributed by atoms with E-state index in [0.29, 0.717) is 5.56 Å². The highest BCUT2D eigenvalue weighted by molar-refractivity contribution is 9.10. The lowest BCUT2D eigenvalue weighted by atomic mass is 10.1. The summed E-state index contributed by atoms with van der Waals surface area (Å²) >= 11 is 3.38. The number of hydrogen-bond acceptors (Lipinski definition) is 3. The van der Waals surface area contributed by atoms with E-state index in [-0.39, 0.29) is 5.78 Å². The molecular formula is C15H13BrN2O. The summed E-state index contributed by atoms with van der Waals surface area (Å²) in [5, 5.41) is 3.17. The molecule has 0 bridgehead atoms. The Morgan fingerprint density at radius 1 is 1.26 bits per heavy atom. The molecule has 0 unspecified atom stereocenters. The molecule has 1 heterocycles. The van der Waals surface area contributed by atoms with E-state index >= 15 is 0 Å². The van der Waals surface area contributed by atoms with Gasteiger partial charge in [0.05, 0.1) is 0 Å². The van der Waals surface area contributed by atoms with Crippen molar-refractivity contribution in [3.8, 4) is 0 Å². The van der Waals surface area contributed by atoms with Crippen molar-refractivity contribution in [3.63, 3.8) is 0 Å². The van der Waals surface area contributed by atoms with Gasteiger partial charge < -0.3 is 5.32 Å². The monoisotopic (exact) mass is 316 g/mol. The van der Waals surface area contributed by atoms with Gasteiger partial charge >= 0.3 is 0 Å². The van der Waals surface area contributed by atoms with Gasteiger partial charge in [0.2, 0.25) is 0 Å². The Bertz CT molecular complexity index is 591. The van der Waals surface area contributed by atoms with Crippen LogP contribution >= 0.6 is 15.9 Å². The van der Waals surface area contributed by atoms with Crippen LogP contribution in [0.1, 0.15) is 17.3 Å². The molecule has 3 nitrogen and oxygen atoms in total. The number of nitrogens with zero attached hydrogens (tertiary/aromatic N) is 1. The number of nitrogens with one attached hydrogen (secondary N) is 1. The number of ketones is 1. The summed E-state index contributed by atoms with van der Waals surface area (Å²) in [4.78, 5) is 15.9. The van der Waals surface area contributed by atoms with Crippen LogP contribution in [0.3, 0.4) is 0 Å². The van der Waals surface area contributed by atoms with Crippen LogP contribution in [0.15, 0.2) is 65.0 Å². The molecule has 96 valence electrons. The first kappa shape index (κ1) is 13.5. The second kappa shape index (κ2) is 6.29. The van der Waals surface area contributed by atoms with Gasteiger partial charge in [-0.1, -0.05) is 15.9 Å². The number of halogens is 1. The molecule has 2 rings (SSSR count). The second-order valence-corrected chi connectivity index (χ2v) is 4.98. The first-order valence-electron chi connectivity index (χ1n) is 5.80. The molecule has 2 aromatic rings. The highest BCUT2D eigenvalue weighted by atomic mass is 79.9. The van der Waals surface area contributed by atoms with Crippen LogP contribution in [0.2, 0.25) is 0 Å². The molecule has 0 fully saturated rings. The van der Waals surface area contributed by atoms with Crippen molar-refractivity contribution < 1.29 is 4.79 Å². The quantitative estimate of drug-likeness (QED) is 0.683. The first-order chi connectivity index (χ1) is 9.15. The van der Waals surface area contributed by atoms with E-state index in [4.69, 9.17) is 0 Å². The zero-order chi connectivity index (χ0) is 13.7. The highest BCUT2D eigenvalue weighted by Gasteiger charge is 2.02. The van der Waals surface area contributed by atoms with Crippen molar-refractivity contribution in [2.75, 3.05) is 5.32 Å². The van der Waals surface area contributed by atoms with Crippen LogP contribution in [0, 0.1) is 0 Å². The van der Waals surface area contributed by atoms with E-state index in [0.717, 1.165) is 15.9 Å². The van der Waals surface area contributed by atoms with Crippen LogP contribution < -0.4 is 5.32 Å². The van der Waals surface area contributed by atoms with Crippen LogP contribution in [-0.4, -0.2) is 10.8 Å². The Morgan fingerprint density at radius 3 is 2.63 bits per heavy atom. The van der Waals surface area contributed by atoms with E-state index in [1.807, 2.05) is 31.2 Å². The number of hydrogen-bond donors (Lipinski definition) is 1. The number of carbonyl (C=O) groups is 1. The third kappa shape index (κ3) is 4.03. The van der Waals surface area contributed by atoms with Gasteiger partial charge in [0.1, 0.15) is 0 Å². The molecule has 1 aromatic heterocycles. The summed E-state index contributed by atoms with van der Waals surface area (Å²) in [5.74, 6) is -0.0600. The third-order valence-electron chi connectivity index (χ3n) is 2.48. The molecule has 0 radical (unpaired) electrons. The topological polar surface area (TPSA) is 42.0 Å². The molecule has 4 heteroatoms. The zero-order valence-corrected chi connectivity index (χ0v) is 12.0. The molecule has 0 aliphatic heterocycles. The fourth-order valence-corrected chi connectivity index (χ4v) is 1.85. The van der Waals surface area contributed by atoms with Crippen molar-refractivity contribution in [1.29, 1.82) is 0 Å². The first-order valence-corrected chi connectivity index (χ1v) is 6.60. The summed E-state index contributed by atoms with van der Waals surface area (Å²) in [7, 11) is 0. The third-order valence-corrected chi connectivity index (χ3v) is 3.01. The summed E-state index contributed by atoms with van der Waals surface area (Å²) in [6.07, 6.45) is 4.78. The van der Waals surface area contributed by atoms with Crippen molar-refractivity contribution in [3.05, 3.63) is 70.6 Å². The molecule has 0 amide bonds. The van der Waals surface area contributed by atoms with Gasteiger partial charge in [-0.05, 0) is 43.3 Å². The molecule has 0 aliphatic rings. The lowest BCUT2D eigenvalue weighted by Gasteiger charge is -2.06. The maximum absolute atomic E-state index is 11.9. The van der Waals surface area contributed by atoms with Gasteiger partial charge in [-0.3, -0.25) is 9.78 Å². The summed E-state index contributed by atoms with van der Waals surface area (Å²) in [6, 6.07) is 11.3. The lowest BCUT2D eigenvalue weighted by Crippen LogP contribution is -2.01. The zero-order valence-electron chi connectivity index (χ0n) is 10.4. The Hall–Kier alpha value is -1.94. The average molecular weight is 317 g/mol. The van der Waals surface area contributed by atoms with Gasteiger partial charge in [0.15, 0.2) is 5.78 Å². The fraction of sp³-hybridized carbons (Fsp3) is 0.0667. The molecule has 0 aliphatic carbocycles. The van der Waals surface area contributed by atoms with E-state index < -0.39 is 0 Å². The second-order valence-electron chi connectivity index (χ2n) is 4.07. The minimum atomic E-state index is -0.0600. The van der Waals surface area contributed by atoms with Crippen molar-refractivity contribution in [2.45, 2.75) is 6.92 Å². The predicted molar refractivity (Wildman–Crippen MR) is 80.1 cm³/mol. The molecule has 0 atom stereocenters. The maximum atomic E-state index is 11.9. The Labute approximate surface area is 120 Å². The number of benzene rings is 1.